The Hall–Kier alpha value is -1.93. The largest absolute Gasteiger partial charge is 0.480 e. The van der Waals surface area contributed by atoms with Crippen LogP contribution in [-0.2, 0) is 14.4 Å². The summed E-state index contributed by atoms with van der Waals surface area (Å²) in [5.74, 6) is -1.81. The summed E-state index contributed by atoms with van der Waals surface area (Å²) in [6.07, 6.45) is 0. The molecule has 0 aromatic heterocycles. The van der Waals surface area contributed by atoms with Gasteiger partial charge in [0.25, 0.3) is 0 Å². The Labute approximate surface area is 136 Å². The molecule has 0 saturated heterocycles. The van der Waals surface area contributed by atoms with Crippen molar-refractivity contribution < 1.29 is 19.5 Å². The smallest absolute Gasteiger partial charge is 0.322 e. The van der Waals surface area contributed by atoms with Crippen molar-refractivity contribution in [2.45, 2.75) is 6.92 Å². The Kier molecular flexibility index (Phi) is 7.00. The molecule has 0 bridgehead atoms. The van der Waals surface area contributed by atoms with Crippen molar-refractivity contribution in [3.8, 4) is 0 Å². The first-order valence-corrected chi connectivity index (χ1v) is 7.30. The number of nitrogens with one attached hydrogen (secondary N) is 2. The molecule has 0 fully saturated rings. The highest BCUT2D eigenvalue weighted by Crippen LogP contribution is 2.19. The molecule has 0 spiro atoms. The molecular weight excluding hydrogens is 354 g/mol. The van der Waals surface area contributed by atoms with Gasteiger partial charge < -0.3 is 15.7 Å². The van der Waals surface area contributed by atoms with Crippen LogP contribution in [0.15, 0.2) is 22.7 Å². The number of carboxylic acids is 1. The van der Waals surface area contributed by atoms with Gasteiger partial charge in [0.2, 0.25) is 11.8 Å². The van der Waals surface area contributed by atoms with E-state index in [0.29, 0.717) is 5.69 Å². The second-order valence-corrected chi connectivity index (χ2v) is 5.77. The summed E-state index contributed by atoms with van der Waals surface area (Å²) in [6.45, 7) is 1.41. The third-order valence-corrected chi connectivity index (χ3v) is 3.22. The first-order valence-electron chi connectivity index (χ1n) is 6.51. The number of benzene rings is 1. The molecule has 7 nitrogen and oxygen atoms in total. The molecule has 120 valence electrons. The van der Waals surface area contributed by atoms with Crippen LogP contribution in [0.1, 0.15) is 5.56 Å². The number of carboxylic acid groups (broad SMARTS) is 1. The van der Waals surface area contributed by atoms with Crippen molar-refractivity contribution in [3.05, 3.63) is 28.2 Å². The molecule has 1 rings (SSSR count). The summed E-state index contributed by atoms with van der Waals surface area (Å²) in [4.78, 5) is 35.2. The van der Waals surface area contributed by atoms with Gasteiger partial charge in [0, 0.05) is 10.2 Å². The van der Waals surface area contributed by atoms with Crippen molar-refractivity contribution >= 4 is 39.4 Å². The maximum Gasteiger partial charge on any atom is 0.322 e. The third kappa shape index (κ3) is 6.68. The number of halogens is 1. The molecule has 0 saturated carbocycles. The number of carbonyl (C=O) groups is 3. The van der Waals surface area contributed by atoms with Gasteiger partial charge in [-0.25, -0.2) is 0 Å². The average molecular weight is 372 g/mol. The van der Waals surface area contributed by atoms with Crippen molar-refractivity contribution in [1.29, 1.82) is 0 Å². The van der Waals surface area contributed by atoms with Gasteiger partial charge in [-0.2, -0.15) is 0 Å². The SMILES string of the molecule is Cc1cc(Br)ccc1NC(=O)CN(C)CC(=O)NCC(=O)O. The lowest BCUT2D eigenvalue weighted by Gasteiger charge is -2.16. The monoisotopic (exact) mass is 371 g/mol. The van der Waals surface area contributed by atoms with E-state index in [2.05, 4.69) is 26.6 Å². The molecule has 0 radical (unpaired) electrons. The van der Waals surface area contributed by atoms with Crippen LogP contribution in [0.2, 0.25) is 0 Å². The molecule has 3 N–H and O–H groups in total. The number of aryl methyl sites for hydroxylation is 1. The van der Waals surface area contributed by atoms with Crippen LogP contribution in [0.4, 0.5) is 5.69 Å². The minimum absolute atomic E-state index is 0.0238. The lowest BCUT2D eigenvalue weighted by molar-refractivity contribution is -0.138. The summed E-state index contributed by atoms with van der Waals surface area (Å²) < 4.78 is 0.926. The Morgan fingerprint density at radius 2 is 1.86 bits per heavy atom. The Balaban J connectivity index is 2.44. The summed E-state index contributed by atoms with van der Waals surface area (Å²) in [5, 5.41) is 13.5. The molecule has 1 aromatic carbocycles. The molecule has 1 aromatic rings. The van der Waals surface area contributed by atoms with Crippen molar-refractivity contribution in [2.75, 3.05) is 32.0 Å². The lowest BCUT2D eigenvalue weighted by atomic mass is 10.2. The van der Waals surface area contributed by atoms with E-state index in [1.807, 2.05) is 19.1 Å². The first kappa shape index (κ1) is 18.1. The molecular formula is C14H18BrN3O4. The number of amides is 2. The van der Waals surface area contributed by atoms with E-state index in [1.165, 1.54) is 4.90 Å². The fraction of sp³-hybridized carbons (Fsp3) is 0.357. The lowest BCUT2D eigenvalue weighted by Crippen LogP contribution is -2.40. The van der Waals surface area contributed by atoms with Crippen LogP contribution in [0, 0.1) is 6.92 Å². The summed E-state index contributed by atoms with van der Waals surface area (Å²) in [6, 6.07) is 5.50. The summed E-state index contributed by atoms with van der Waals surface area (Å²) in [7, 11) is 1.61. The quantitative estimate of drug-likeness (QED) is 0.659. The molecule has 22 heavy (non-hydrogen) atoms. The molecule has 0 aliphatic carbocycles. The van der Waals surface area contributed by atoms with E-state index < -0.39 is 18.4 Å². The van der Waals surface area contributed by atoms with Gasteiger partial charge >= 0.3 is 5.97 Å². The average Bonchev–Trinajstić information content (AvgIpc) is 2.39. The molecule has 0 aliphatic rings. The van der Waals surface area contributed by atoms with Gasteiger partial charge in [0.15, 0.2) is 0 Å². The van der Waals surface area contributed by atoms with Gasteiger partial charge in [-0.15, -0.1) is 0 Å². The molecule has 2 amide bonds. The van der Waals surface area contributed by atoms with Crippen LogP contribution in [-0.4, -0.2) is 54.5 Å². The highest BCUT2D eigenvalue weighted by atomic mass is 79.9. The minimum Gasteiger partial charge on any atom is -0.480 e. The maximum atomic E-state index is 11.9. The van der Waals surface area contributed by atoms with E-state index >= 15 is 0 Å². The second kappa shape index (κ2) is 8.50. The van der Waals surface area contributed by atoms with Crippen LogP contribution in [0.3, 0.4) is 0 Å². The zero-order valence-corrected chi connectivity index (χ0v) is 13.9. The normalized spacial score (nSPS) is 10.4. The number of nitrogens with zero attached hydrogens (tertiary/aromatic N) is 1. The van der Waals surface area contributed by atoms with Crippen LogP contribution >= 0.6 is 15.9 Å². The molecule has 8 heteroatoms. The number of hydrogen-bond acceptors (Lipinski definition) is 4. The van der Waals surface area contributed by atoms with E-state index in [9.17, 15) is 14.4 Å². The fourth-order valence-electron chi connectivity index (χ4n) is 1.73. The number of anilines is 1. The topological polar surface area (TPSA) is 98.7 Å². The van der Waals surface area contributed by atoms with Crippen molar-refractivity contribution in [3.63, 3.8) is 0 Å². The third-order valence-electron chi connectivity index (χ3n) is 2.73. The highest BCUT2D eigenvalue weighted by Gasteiger charge is 2.12. The molecule has 0 aliphatic heterocycles. The number of carbonyl (C=O) groups excluding carboxylic acids is 2. The second-order valence-electron chi connectivity index (χ2n) is 4.85. The molecule has 0 unspecified atom stereocenters. The maximum absolute atomic E-state index is 11.9. The Morgan fingerprint density at radius 3 is 2.45 bits per heavy atom. The van der Waals surface area contributed by atoms with Gasteiger partial charge in [-0.1, -0.05) is 15.9 Å². The van der Waals surface area contributed by atoms with Crippen molar-refractivity contribution in [1.82, 2.24) is 10.2 Å². The highest BCUT2D eigenvalue weighted by molar-refractivity contribution is 9.10. The van der Waals surface area contributed by atoms with E-state index in [-0.39, 0.29) is 19.0 Å². The zero-order valence-electron chi connectivity index (χ0n) is 12.4. The van der Waals surface area contributed by atoms with Gasteiger partial charge in [-0.05, 0) is 37.7 Å². The molecule has 0 atom stereocenters. The number of hydrogen-bond donors (Lipinski definition) is 3. The molecule has 0 heterocycles. The van der Waals surface area contributed by atoms with Crippen molar-refractivity contribution in [2.24, 2.45) is 0 Å². The number of likely N-dealkylation sites (N-methyl/N-ethyl adjacent to an activating group) is 1. The number of aliphatic carboxylic acids is 1. The predicted molar refractivity (Wildman–Crippen MR) is 85.7 cm³/mol. The Bertz CT molecular complexity index is 577. The first-order chi connectivity index (χ1) is 10.3. The van der Waals surface area contributed by atoms with Gasteiger partial charge in [0.05, 0.1) is 13.1 Å². The standard InChI is InChI=1S/C14H18BrN3O4/c1-9-5-10(15)3-4-11(9)17-13(20)8-18(2)7-12(19)16-6-14(21)22/h3-5H,6-8H2,1-2H3,(H,16,19)(H,17,20)(H,21,22). The zero-order chi connectivity index (χ0) is 16.7. The van der Waals surface area contributed by atoms with Crippen LogP contribution in [0.5, 0.6) is 0 Å². The van der Waals surface area contributed by atoms with E-state index in [4.69, 9.17) is 5.11 Å². The van der Waals surface area contributed by atoms with Gasteiger partial charge in [0.1, 0.15) is 6.54 Å². The van der Waals surface area contributed by atoms with Crippen LogP contribution < -0.4 is 10.6 Å². The van der Waals surface area contributed by atoms with E-state index in [0.717, 1.165) is 10.0 Å². The Morgan fingerprint density at radius 1 is 1.23 bits per heavy atom. The summed E-state index contributed by atoms with van der Waals surface area (Å²) >= 11 is 3.35. The van der Waals surface area contributed by atoms with E-state index in [1.54, 1.807) is 13.1 Å². The summed E-state index contributed by atoms with van der Waals surface area (Å²) in [5.41, 5.74) is 1.63. The van der Waals surface area contributed by atoms with Gasteiger partial charge in [-0.3, -0.25) is 19.3 Å². The fourth-order valence-corrected chi connectivity index (χ4v) is 2.21. The number of rotatable bonds is 7. The predicted octanol–water partition coefficient (Wildman–Crippen LogP) is 0.829. The minimum atomic E-state index is -1.11. The van der Waals surface area contributed by atoms with Crippen LogP contribution in [0.25, 0.3) is 0 Å².